The molecule has 0 heterocycles. The van der Waals surface area contributed by atoms with E-state index in [1.165, 1.54) is 0 Å². The van der Waals surface area contributed by atoms with E-state index in [2.05, 4.69) is 10.2 Å². The molecular formula is C3H4N2O3. The minimum absolute atomic E-state index is 0.618. The Labute approximate surface area is 45.0 Å². The summed E-state index contributed by atoms with van der Waals surface area (Å²) in [5.74, 6) is -0.618. The van der Waals surface area contributed by atoms with Gasteiger partial charge in [0.25, 0.3) is 5.91 Å². The average molecular weight is 116 g/mol. The first-order chi connectivity index (χ1) is 3.63. The van der Waals surface area contributed by atoms with E-state index in [0.29, 0.717) is 0 Å². The van der Waals surface area contributed by atoms with Gasteiger partial charge in [0.1, 0.15) is 0 Å². The van der Waals surface area contributed by atoms with E-state index in [1.54, 1.807) is 0 Å². The first-order valence-electron chi connectivity index (χ1n) is 1.78. The van der Waals surface area contributed by atoms with Crippen LogP contribution in [0.5, 0.6) is 0 Å². The second-order valence-corrected chi connectivity index (χ2v) is 1.00. The molecule has 44 valence electrons. The quantitative estimate of drug-likeness (QED) is 0.472. The zero-order chi connectivity index (χ0) is 6.57. The number of hydrogen-bond donors (Lipinski definition) is 1. The second kappa shape index (κ2) is 2.84. The summed E-state index contributed by atoms with van der Waals surface area (Å²) < 4.78 is 0. The number of carbonyl (C=O) groups excluding carboxylic acids is 1. The van der Waals surface area contributed by atoms with Gasteiger partial charge in [-0.25, -0.2) is 4.79 Å². The number of nitrogens with zero attached hydrogens (tertiary/aromatic N) is 2. The Morgan fingerprint density at radius 2 is 1.88 bits per heavy atom. The van der Waals surface area contributed by atoms with Gasteiger partial charge in [0.15, 0.2) is 0 Å². The fourth-order valence-electron chi connectivity index (χ4n) is 0.113. The SMILES string of the molecule is CC(=O)N=NC(=O)O. The van der Waals surface area contributed by atoms with E-state index in [-0.39, 0.29) is 0 Å². The van der Waals surface area contributed by atoms with Crippen molar-refractivity contribution in [1.29, 1.82) is 0 Å². The molecule has 0 bridgehead atoms. The zero-order valence-electron chi connectivity index (χ0n) is 4.16. The normalized spacial score (nSPS) is 9.62. The summed E-state index contributed by atoms with van der Waals surface area (Å²) in [5.41, 5.74) is 0. The van der Waals surface area contributed by atoms with Gasteiger partial charge in [-0.05, 0) is 0 Å². The summed E-state index contributed by atoms with van der Waals surface area (Å²) >= 11 is 0. The second-order valence-electron chi connectivity index (χ2n) is 1.00. The molecule has 0 aromatic heterocycles. The fourth-order valence-corrected chi connectivity index (χ4v) is 0.113. The first-order valence-corrected chi connectivity index (χ1v) is 1.78. The Balaban J connectivity index is 3.67. The van der Waals surface area contributed by atoms with Crippen LogP contribution in [0, 0.1) is 0 Å². The van der Waals surface area contributed by atoms with Crippen LogP contribution in [0.25, 0.3) is 0 Å². The van der Waals surface area contributed by atoms with Crippen molar-refractivity contribution in [3.05, 3.63) is 0 Å². The zero-order valence-corrected chi connectivity index (χ0v) is 4.16. The van der Waals surface area contributed by atoms with Crippen molar-refractivity contribution in [2.45, 2.75) is 6.92 Å². The minimum Gasteiger partial charge on any atom is -0.462 e. The van der Waals surface area contributed by atoms with Gasteiger partial charge in [-0.1, -0.05) is 5.11 Å². The van der Waals surface area contributed by atoms with Crippen molar-refractivity contribution in [2.24, 2.45) is 10.2 Å². The van der Waals surface area contributed by atoms with Crippen LogP contribution >= 0.6 is 0 Å². The van der Waals surface area contributed by atoms with Crippen molar-refractivity contribution >= 4 is 12.0 Å². The van der Waals surface area contributed by atoms with Gasteiger partial charge >= 0.3 is 6.09 Å². The molecular weight excluding hydrogens is 112 g/mol. The third-order valence-electron chi connectivity index (χ3n) is 0.276. The van der Waals surface area contributed by atoms with Crippen LogP contribution in [-0.2, 0) is 4.79 Å². The van der Waals surface area contributed by atoms with Crippen molar-refractivity contribution in [3.8, 4) is 0 Å². The Morgan fingerprint density at radius 1 is 1.38 bits per heavy atom. The molecule has 1 N–H and O–H groups in total. The van der Waals surface area contributed by atoms with Gasteiger partial charge in [-0.2, -0.15) is 0 Å². The molecule has 0 aliphatic heterocycles. The number of carboxylic acid groups (broad SMARTS) is 1. The van der Waals surface area contributed by atoms with Crippen LogP contribution in [0.1, 0.15) is 6.92 Å². The van der Waals surface area contributed by atoms with Gasteiger partial charge in [-0.15, -0.1) is 5.11 Å². The Kier molecular flexibility index (Phi) is 2.39. The molecule has 8 heavy (non-hydrogen) atoms. The third kappa shape index (κ3) is 4.74. The van der Waals surface area contributed by atoms with Crippen LogP contribution in [-0.4, -0.2) is 17.1 Å². The molecule has 0 aliphatic rings. The summed E-state index contributed by atoms with van der Waals surface area (Å²) in [7, 11) is 0. The number of rotatable bonds is 0. The predicted molar refractivity (Wildman–Crippen MR) is 23.6 cm³/mol. The molecule has 0 aromatic carbocycles. The Hall–Kier alpha value is -1.26. The highest BCUT2D eigenvalue weighted by Crippen LogP contribution is 1.76. The van der Waals surface area contributed by atoms with Gasteiger partial charge in [0.2, 0.25) is 0 Å². The minimum atomic E-state index is -1.46. The topological polar surface area (TPSA) is 79.1 Å². The smallest absolute Gasteiger partial charge is 0.450 e. The molecule has 2 amide bonds. The molecule has 0 radical (unpaired) electrons. The Bertz CT molecular complexity index is 123. The summed E-state index contributed by atoms with van der Waals surface area (Å²) in [6, 6.07) is 0. The highest BCUT2D eigenvalue weighted by Gasteiger charge is 1.88. The highest BCUT2D eigenvalue weighted by molar-refractivity contribution is 5.75. The van der Waals surface area contributed by atoms with E-state index in [9.17, 15) is 9.59 Å². The summed E-state index contributed by atoms with van der Waals surface area (Å²) in [4.78, 5) is 19.3. The molecule has 0 aromatic rings. The van der Waals surface area contributed by atoms with Crippen molar-refractivity contribution in [3.63, 3.8) is 0 Å². The van der Waals surface area contributed by atoms with Crippen LogP contribution < -0.4 is 0 Å². The van der Waals surface area contributed by atoms with Crippen molar-refractivity contribution in [1.82, 2.24) is 0 Å². The van der Waals surface area contributed by atoms with Crippen LogP contribution in [0.4, 0.5) is 4.79 Å². The highest BCUT2D eigenvalue weighted by atomic mass is 16.4. The number of carbonyl (C=O) groups is 2. The predicted octanol–water partition coefficient (Wildman–Crippen LogP) is 0.663. The van der Waals surface area contributed by atoms with Crippen molar-refractivity contribution < 1.29 is 14.7 Å². The van der Waals surface area contributed by atoms with E-state index < -0.39 is 12.0 Å². The molecule has 0 saturated carbocycles. The lowest BCUT2D eigenvalue weighted by atomic mass is 10.8. The lowest BCUT2D eigenvalue weighted by Crippen LogP contribution is -1.85. The largest absolute Gasteiger partial charge is 0.462 e. The number of amides is 2. The fraction of sp³-hybridized carbons (Fsp3) is 0.333. The molecule has 5 nitrogen and oxygen atoms in total. The molecule has 0 fully saturated rings. The molecule has 0 unspecified atom stereocenters. The molecule has 0 saturated heterocycles. The van der Waals surface area contributed by atoms with Crippen LogP contribution in [0.2, 0.25) is 0 Å². The standard InChI is InChI=1S/C3H4N2O3/c1-2(6)4-5-3(7)8/h1H3,(H,7,8). The van der Waals surface area contributed by atoms with E-state index in [4.69, 9.17) is 5.11 Å². The van der Waals surface area contributed by atoms with Crippen LogP contribution in [0.15, 0.2) is 10.2 Å². The van der Waals surface area contributed by atoms with E-state index in [1.807, 2.05) is 0 Å². The van der Waals surface area contributed by atoms with Crippen molar-refractivity contribution in [2.75, 3.05) is 0 Å². The van der Waals surface area contributed by atoms with Gasteiger partial charge in [0, 0.05) is 6.92 Å². The molecule has 0 atom stereocenters. The third-order valence-corrected chi connectivity index (χ3v) is 0.276. The summed E-state index contributed by atoms with van der Waals surface area (Å²) in [6.07, 6.45) is -1.46. The molecule has 0 rings (SSSR count). The van der Waals surface area contributed by atoms with Gasteiger partial charge in [-0.3, -0.25) is 4.79 Å². The molecule has 5 heteroatoms. The van der Waals surface area contributed by atoms with Gasteiger partial charge < -0.3 is 5.11 Å². The summed E-state index contributed by atoms with van der Waals surface area (Å²) in [5, 5.41) is 13.0. The van der Waals surface area contributed by atoms with E-state index in [0.717, 1.165) is 6.92 Å². The first kappa shape index (κ1) is 6.74. The average Bonchev–Trinajstić information content (AvgIpc) is 1.61. The summed E-state index contributed by atoms with van der Waals surface area (Å²) in [6.45, 7) is 1.12. The Morgan fingerprint density at radius 3 is 2.00 bits per heavy atom. The number of azo groups is 1. The lowest BCUT2D eigenvalue weighted by molar-refractivity contribution is -0.116. The molecule has 0 aliphatic carbocycles. The van der Waals surface area contributed by atoms with E-state index >= 15 is 0 Å². The maximum absolute atomic E-state index is 9.82. The molecule has 0 spiro atoms. The maximum atomic E-state index is 9.82. The van der Waals surface area contributed by atoms with Gasteiger partial charge in [0.05, 0.1) is 0 Å². The maximum Gasteiger partial charge on any atom is 0.450 e. The monoisotopic (exact) mass is 116 g/mol. The lowest BCUT2D eigenvalue weighted by Gasteiger charge is -1.73. The number of hydrogen-bond acceptors (Lipinski definition) is 2. The van der Waals surface area contributed by atoms with Crippen LogP contribution in [0.3, 0.4) is 0 Å².